The van der Waals surface area contributed by atoms with Crippen LogP contribution in [0.3, 0.4) is 0 Å². The van der Waals surface area contributed by atoms with Crippen molar-refractivity contribution in [2.75, 3.05) is 5.32 Å². The SMILES string of the molecule is CCc1nn(Cc2ccc(F)cc2)c(CC)c1NC(=O)c1cc(C(N)=O)nc2c(F)cccc12. The molecule has 4 aromatic rings. The fourth-order valence-corrected chi connectivity index (χ4v) is 3.90. The van der Waals surface area contributed by atoms with E-state index in [0.29, 0.717) is 30.8 Å². The monoisotopic (exact) mass is 463 g/mol. The molecule has 0 saturated carbocycles. The average Bonchev–Trinajstić information content (AvgIpc) is 3.15. The van der Waals surface area contributed by atoms with E-state index in [-0.39, 0.29) is 28.0 Å². The molecular formula is C25H23F2N5O2. The van der Waals surface area contributed by atoms with Crippen molar-refractivity contribution in [3.8, 4) is 0 Å². The van der Waals surface area contributed by atoms with Gasteiger partial charge >= 0.3 is 0 Å². The standard InChI is InChI=1S/C25H23F2N5O2/c1-3-19-23(21(4-2)32(31-19)13-14-8-10-15(26)11-9-14)30-25(34)17-12-20(24(28)33)29-22-16(17)6-5-7-18(22)27/h5-12H,3-4,13H2,1-2H3,(H2,28,33)(H,30,34). The number of rotatable bonds is 7. The highest BCUT2D eigenvalue weighted by Crippen LogP contribution is 2.27. The molecule has 7 nitrogen and oxygen atoms in total. The van der Waals surface area contributed by atoms with Gasteiger partial charge in [-0.15, -0.1) is 0 Å². The highest BCUT2D eigenvalue weighted by molar-refractivity contribution is 6.14. The third-order valence-corrected chi connectivity index (χ3v) is 5.57. The summed E-state index contributed by atoms with van der Waals surface area (Å²) in [7, 11) is 0. The molecule has 0 aliphatic heterocycles. The maximum atomic E-state index is 14.4. The van der Waals surface area contributed by atoms with Crippen molar-refractivity contribution >= 4 is 28.4 Å². The molecule has 3 N–H and O–H groups in total. The number of nitrogens with one attached hydrogen (secondary N) is 1. The Morgan fingerprint density at radius 2 is 1.79 bits per heavy atom. The van der Waals surface area contributed by atoms with E-state index in [4.69, 9.17) is 5.73 Å². The average molecular weight is 463 g/mol. The van der Waals surface area contributed by atoms with Crippen molar-refractivity contribution in [1.82, 2.24) is 14.8 Å². The Labute approximate surface area is 194 Å². The number of carbonyl (C=O) groups is 2. The van der Waals surface area contributed by atoms with Gasteiger partial charge in [0.1, 0.15) is 22.8 Å². The summed E-state index contributed by atoms with van der Waals surface area (Å²) in [5, 5.41) is 7.81. The van der Waals surface area contributed by atoms with Gasteiger partial charge in [0, 0.05) is 5.39 Å². The first-order valence-corrected chi connectivity index (χ1v) is 10.9. The Morgan fingerprint density at radius 3 is 2.44 bits per heavy atom. The number of aromatic nitrogens is 3. The van der Waals surface area contributed by atoms with E-state index in [1.54, 1.807) is 22.9 Å². The predicted molar refractivity (Wildman–Crippen MR) is 125 cm³/mol. The summed E-state index contributed by atoms with van der Waals surface area (Å²) in [6.07, 6.45) is 1.12. The normalized spacial score (nSPS) is 11.1. The van der Waals surface area contributed by atoms with Gasteiger partial charge in [0.05, 0.1) is 29.2 Å². The number of hydrogen-bond donors (Lipinski definition) is 2. The number of fused-ring (bicyclic) bond motifs is 1. The number of aryl methyl sites for hydroxylation is 1. The third kappa shape index (κ3) is 4.36. The molecule has 2 amide bonds. The molecule has 4 rings (SSSR count). The smallest absolute Gasteiger partial charge is 0.267 e. The maximum absolute atomic E-state index is 14.4. The largest absolute Gasteiger partial charge is 0.364 e. The quantitative estimate of drug-likeness (QED) is 0.428. The van der Waals surface area contributed by atoms with E-state index >= 15 is 0 Å². The van der Waals surface area contributed by atoms with Crippen LogP contribution in [0.1, 0.15) is 51.6 Å². The van der Waals surface area contributed by atoms with Crippen molar-refractivity contribution in [2.24, 2.45) is 5.73 Å². The van der Waals surface area contributed by atoms with Gasteiger partial charge in [-0.3, -0.25) is 14.3 Å². The molecule has 0 bridgehead atoms. The zero-order valence-corrected chi connectivity index (χ0v) is 18.7. The summed E-state index contributed by atoms with van der Waals surface area (Å²) >= 11 is 0. The van der Waals surface area contributed by atoms with Gasteiger partial charge in [0.2, 0.25) is 0 Å². The van der Waals surface area contributed by atoms with Crippen LogP contribution in [0.5, 0.6) is 0 Å². The maximum Gasteiger partial charge on any atom is 0.267 e. The number of pyridine rings is 1. The van der Waals surface area contributed by atoms with Crippen LogP contribution in [0.2, 0.25) is 0 Å². The number of para-hydroxylation sites is 1. The number of nitrogens with zero attached hydrogens (tertiary/aromatic N) is 3. The van der Waals surface area contributed by atoms with Gasteiger partial charge in [-0.25, -0.2) is 13.8 Å². The summed E-state index contributed by atoms with van der Waals surface area (Å²) in [6, 6.07) is 11.6. The lowest BCUT2D eigenvalue weighted by Crippen LogP contribution is -2.19. The first kappa shape index (κ1) is 23.0. The van der Waals surface area contributed by atoms with Crippen LogP contribution in [0.25, 0.3) is 10.9 Å². The Balaban J connectivity index is 1.75. The molecule has 0 spiro atoms. The van der Waals surface area contributed by atoms with E-state index in [1.165, 1.54) is 30.3 Å². The Hall–Kier alpha value is -4.14. The fraction of sp³-hybridized carbons (Fsp3) is 0.200. The van der Waals surface area contributed by atoms with Crippen molar-refractivity contribution in [2.45, 2.75) is 33.2 Å². The van der Waals surface area contributed by atoms with E-state index in [1.807, 2.05) is 13.8 Å². The molecule has 0 aliphatic carbocycles. The van der Waals surface area contributed by atoms with Gasteiger partial charge in [0.25, 0.3) is 11.8 Å². The number of amides is 2. The van der Waals surface area contributed by atoms with Crippen LogP contribution < -0.4 is 11.1 Å². The Kier molecular flexibility index (Phi) is 6.36. The zero-order chi connectivity index (χ0) is 24.4. The molecule has 0 atom stereocenters. The van der Waals surface area contributed by atoms with Crippen molar-refractivity contribution in [3.63, 3.8) is 0 Å². The second-order valence-corrected chi connectivity index (χ2v) is 7.77. The van der Waals surface area contributed by atoms with Crippen molar-refractivity contribution < 1.29 is 18.4 Å². The lowest BCUT2D eigenvalue weighted by atomic mass is 10.1. The van der Waals surface area contributed by atoms with E-state index in [9.17, 15) is 18.4 Å². The van der Waals surface area contributed by atoms with Crippen molar-refractivity contribution in [3.05, 3.63) is 88.4 Å². The predicted octanol–water partition coefficient (Wildman–Crippen LogP) is 4.23. The minimum absolute atomic E-state index is 0.0775. The number of benzene rings is 2. The van der Waals surface area contributed by atoms with Gasteiger partial charge in [-0.05, 0) is 42.7 Å². The van der Waals surface area contributed by atoms with Gasteiger partial charge in [-0.2, -0.15) is 5.10 Å². The van der Waals surface area contributed by atoms with Crippen LogP contribution in [-0.2, 0) is 19.4 Å². The molecule has 2 aromatic carbocycles. The molecule has 9 heteroatoms. The second kappa shape index (κ2) is 9.38. The number of anilines is 1. The summed E-state index contributed by atoms with van der Waals surface area (Å²) in [4.78, 5) is 29.1. The van der Waals surface area contributed by atoms with E-state index in [2.05, 4.69) is 15.4 Å². The minimum Gasteiger partial charge on any atom is -0.364 e. The van der Waals surface area contributed by atoms with Gasteiger partial charge < -0.3 is 11.1 Å². The molecule has 2 aromatic heterocycles. The van der Waals surface area contributed by atoms with Crippen molar-refractivity contribution in [1.29, 1.82) is 0 Å². The van der Waals surface area contributed by atoms with Crippen LogP contribution in [0.4, 0.5) is 14.5 Å². The molecule has 0 fully saturated rings. The molecule has 0 radical (unpaired) electrons. The van der Waals surface area contributed by atoms with Gasteiger partial charge in [-0.1, -0.05) is 38.1 Å². The summed E-state index contributed by atoms with van der Waals surface area (Å²) in [5.41, 5.74) is 8.00. The number of carbonyl (C=O) groups excluding carboxylic acids is 2. The molecule has 0 aliphatic rings. The highest BCUT2D eigenvalue weighted by atomic mass is 19.1. The fourth-order valence-electron chi connectivity index (χ4n) is 3.90. The molecule has 0 saturated heterocycles. The lowest BCUT2D eigenvalue weighted by Gasteiger charge is -2.12. The second-order valence-electron chi connectivity index (χ2n) is 7.77. The molecule has 34 heavy (non-hydrogen) atoms. The van der Waals surface area contributed by atoms with Crippen LogP contribution >= 0.6 is 0 Å². The van der Waals surface area contributed by atoms with Gasteiger partial charge in [0.15, 0.2) is 0 Å². The van der Waals surface area contributed by atoms with Crippen LogP contribution in [0, 0.1) is 11.6 Å². The number of hydrogen-bond acceptors (Lipinski definition) is 4. The zero-order valence-electron chi connectivity index (χ0n) is 18.7. The first-order chi connectivity index (χ1) is 16.3. The first-order valence-electron chi connectivity index (χ1n) is 10.9. The summed E-state index contributed by atoms with van der Waals surface area (Å²) in [5.74, 6) is -2.38. The third-order valence-electron chi connectivity index (χ3n) is 5.57. The number of nitrogens with two attached hydrogens (primary N) is 1. The van der Waals surface area contributed by atoms with Crippen LogP contribution in [-0.4, -0.2) is 26.6 Å². The van der Waals surface area contributed by atoms with E-state index in [0.717, 1.165) is 11.3 Å². The number of primary amides is 1. The molecular weight excluding hydrogens is 440 g/mol. The summed E-state index contributed by atoms with van der Waals surface area (Å²) in [6.45, 7) is 4.26. The Bertz CT molecular complexity index is 1400. The highest BCUT2D eigenvalue weighted by Gasteiger charge is 2.22. The molecule has 174 valence electrons. The minimum atomic E-state index is -0.866. The van der Waals surface area contributed by atoms with E-state index < -0.39 is 17.6 Å². The Morgan fingerprint density at radius 1 is 1.06 bits per heavy atom. The number of halogens is 2. The summed E-state index contributed by atoms with van der Waals surface area (Å²) < 4.78 is 29.5. The van der Waals surface area contributed by atoms with Crippen LogP contribution in [0.15, 0.2) is 48.5 Å². The topological polar surface area (TPSA) is 103 Å². The molecule has 2 heterocycles. The molecule has 0 unspecified atom stereocenters. The lowest BCUT2D eigenvalue weighted by molar-refractivity contribution is 0.0996.